The van der Waals surface area contributed by atoms with Crippen LogP contribution in [0.3, 0.4) is 0 Å². The lowest BCUT2D eigenvalue weighted by molar-refractivity contribution is 0.269. The second-order valence-electron chi connectivity index (χ2n) is 7.54. The van der Waals surface area contributed by atoms with E-state index in [2.05, 4.69) is 34.7 Å². The zero-order chi connectivity index (χ0) is 22.3. The number of rotatable bonds is 10. The van der Waals surface area contributed by atoms with Crippen LogP contribution >= 0.6 is 24.0 Å². The van der Waals surface area contributed by atoms with Crippen molar-refractivity contribution in [2.24, 2.45) is 0 Å². The van der Waals surface area contributed by atoms with Crippen molar-refractivity contribution in [2.45, 2.75) is 26.5 Å². The molecule has 4 aromatic rings. The molecule has 0 aliphatic heterocycles. The smallest absolute Gasteiger partial charge is 0.180 e. The molecule has 0 radical (unpaired) electrons. The predicted octanol–water partition coefficient (Wildman–Crippen LogP) is 6.69. The summed E-state index contributed by atoms with van der Waals surface area (Å²) in [7, 11) is 0. The number of ether oxygens (including phenoxy) is 2. The molecule has 0 spiro atoms. The molecule has 0 fully saturated rings. The molecule has 33 heavy (non-hydrogen) atoms. The number of nitrogens with one attached hydrogen (secondary N) is 2. The van der Waals surface area contributed by atoms with Crippen LogP contribution in [0.4, 0.5) is 4.39 Å². The molecule has 4 rings (SSSR count). The molecule has 0 bridgehead atoms. The van der Waals surface area contributed by atoms with Gasteiger partial charge in [-0.05, 0) is 66.9 Å². The monoisotopic (exact) mass is 488 g/mol. The number of hydrogen-bond acceptors (Lipinski definition) is 3. The van der Waals surface area contributed by atoms with Crippen LogP contribution in [0, 0.1) is 5.82 Å². The Labute approximate surface area is 204 Å². The van der Waals surface area contributed by atoms with Gasteiger partial charge in [0.2, 0.25) is 0 Å². The van der Waals surface area contributed by atoms with Gasteiger partial charge in [0.25, 0.3) is 0 Å². The zero-order valence-corrected chi connectivity index (χ0v) is 19.9. The van der Waals surface area contributed by atoms with Crippen molar-refractivity contribution in [2.75, 3.05) is 13.2 Å². The summed E-state index contributed by atoms with van der Waals surface area (Å²) in [6.07, 6.45) is 3.00. The molecule has 3 aromatic carbocycles. The summed E-state index contributed by atoms with van der Waals surface area (Å²) in [5.41, 5.74) is 4.33. The number of aromatic amines is 1. The molecule has 7 heteroatoms. The highest BCUT2D eigenvalue weighted by Gasteiger charge is 2.13. The first-order valence-corrected chi connectivity index (χ1v) is 11.1. The minimum atomic E-state index is -0.275. The summed E-state index contributed by atoms with van der Waals surface area (Å²) in [6, 6.07) is 18.4. The molecule has 0 saturated carbocycles. The van der Waals surface area contributed by atoms with E-state index < -0.39 is 0 Å². The van der Waals surface area contributed by atoms with Gasteiger partial charge in [-0.25, -0.2) is 4.39 Å². The Morgan fingerprint density at radius 3 is 2.58 bits per heavy atom. The van der Waals surface area contributed by atoms with Gasteiger partial charge in [-0.1, -0.05) is 41.9 Å². The lowest BCUT2D eigenvalue weighted by Crippen LogP contribution is -2.16. The van der Waals surface area contributed by atoms with Crippen LogP contribution in [0.25, 0.3) is 10.9 Å². The van der Waals surface area contributed by atoms with Crippen LogP contribution in [0.15, 0.2) is 66.9 Å². The van der Waals surface area contributed by atoms with Gasteiger partial charge < -0.3 is 19.8 Å². The van der Waals surface area contributed by atoms with Gasteiger partial charge in [0.15, 0.2) is 11.5 Å². The van der Waals surface area contributed by atoms with E-state index in [9.17, 15) is 4.39 Å². The summed E-state index contributed by atoms with van der Waals surface area (Å²) >= 11 is 6.52. The SMILES string of the molecule is CCOc1cc(CNCCc2c[nH]c3ccccc23)cc(Cl)c1OCc1ccc(F)cc1.Cl. The van der Waals surface area contributed by atoms with E-state index in [0.29, 0.717) is 29.7 Å². The molecule has 0 unspecified atom stereocenters. The Kier molecular flexibility index (Phi) is 9.01. The molecule has 0 atom stereocenters. The first kappa shape index (κ1) is 24.9. The number of halogens is 3. The maximum Gasteiger partial charge on any atom is 0.180 e. The highest BCUT2D eigenvalue weighted by Crippen LogP contribution is 2.37. The number of aromatic nitrogens is 1. The fourth-order valence-electron chi connectivity index (χ4n) is 3.66. The van der Waals surface area contributed by atoms with Crippen molar-refractivity contribution in [3.8, 4) is 11.5 Å². The minimum absolute atomic E-state index is 0. The number of H-pyrrole nitrogens is 1. The minimum Gasteiger partial charge on any atom is -0.490 e. The molecule has 0 amide bonds. The normalized spacial score (nSPS) is 10.8. The number of fused-ring (bicyclic) bond motifs is 1. The van der Waals surface area contributed by atoms with Gasteiger partial charge >= 0.3 is 0 Å². The van der Waals surface area contributed by atoms with E-state index in [1.807, 2.05) is 25.1 Å². The maximum absolute atomic E-state index is 13.1. The number of benzene rings is 3. The van der Waals surface area contributed by atoms with Crippen LogP contribution in [0.2, 0.25) is 5.02 Å². The van der Waals surface area contributed by atoms with Crippen LogP contribution < -0.4 is 14.8 Å². The first-order valence-electron chi connectivity index (χ1n) is 10.7. The summed E-state index contributed by atoms with van der Waals surface area (Å²) < 4.78 is 24.8. The molecule has 174 valence electrons. The Bertz CT molecular complexity index is 1180. The number of para-hydroxylation sites is 1. The summed E-state index contributed by atoms with van der Waals surface area (Å²) in [4.78, 5) is 3.31. The Morgan fingerprint density at radius 1 is 1.00 bits per heavy atom. The van der Waals surface area contributed by atoms with E-state index >= 15 is 0 Å². The standard InChI is InChI=1S/C26H26ClFN2O2.ClH/c1-2-31-25-14-19(13-23(27)26(25)32-17-18-7-9-21(28)10-8-18)15-29-12-11-20-16-30-24-6-4-3-5-22(20)24;/h3-10,13-14,16,29-30H,2,11-12,15,17H2,1H3;1H. The van der Waals surface area contributed by atoms with E-state index in [1.54, 1.807) is 12.1 Å². The second kappa shape index (κ2) is 11.9. The molecule has 0 saturated heterocycles. The fourth-order valence-corrected chi connectivity index (χ4v) is 3.94. The predicted molar refractivity (Wildman–Crippen MR) is 134 cm³/mol. The average Bonchev–Trinajstić information content (AvgIpc) is 3.21. The highest BCUT2D eigenvalue weighted by molar-refractivity contribution is 6.32. The quantitative estimate of drug-likeness (QED) is 0.244. The van der Waals surface area contributed by atoms with E-state index in [0.717, 1.165) is 29.6 Å². The Hall–Kier alpha value is -2.73. The topological polar surface area (TPSA) is 46.3 Å². The molecular formula is C26H27Cl2FN2O2. The molecule has 1 aromatic heterocycles. The van der Waals surface area contributed by atoms with Crippen molar-refractivity contribution in [3.63, 3.8) is 0 Å². The van der Waals surface area contributed by atoms with Crippen LogP contribution in [0.5, 0.6) is 11.5 Å². The van der Waals surface area contributed by atoms with Crippen molar-refractivity contribution in [3.05, 3.63) is 94.4 Å². The maximum atomic E-state index is 13.1. The molecule has 2 N–H and O–H groups in total. The third kappa shape index (κ3) is 6.41. The summed E-state index contributed by atoms with van der Waals surface area (Å²) in [5, 5.41) is 5.23. The van der Waals surface area contributed by atoms with E-state index in [1.165, 1.54) is 23.1 Å². The van der Waals surface area contributed by atoms with Gasteiger partial charge in [-0.15, -0.1) is 12.4 Å². The molecule has 1 heterocycles. The lowest BCUT2D eigenvalue weighted by Gasteiger charge is -2.16. The number of hydrogen-bond donors (Lipinski definition) is 2. The summed E-state index contributed by atoms with van der Waals surface area (Å²) in [5.74, 6) is 0.833. The zero-order valence-electron chi connectivity index (χ0n) is 18.4. The average molecular weight is 489 g/mol. The van der Waals surface area contributed by atoms with E-state index in [-0.39, 0.29) is 24.8 Å². The van der Waals surface area contributed by atoms with Gasteiger partial charge in [0.1, 0.15) is 12.4 Å². The van der Waals surface area contributed by atoms with Crippen molar-refractivity contribution < 1.29 is 13.9 Å². The third-order valence-corrected chi connectivity index (χ3v) is 5.52. The van der Waals surface area contributed by atoms with Crippen LogP contribution in [-0.4, -0.2) is 18.1 Å². The molecule has 4 nitrogen and oxygen atoms in total. The Balaban J connectivity index is 0.00000306. The summed E-state index contributed by atoms with van der Waals surface area (Å²) in [6.45, 7) is 4.21. The molecule has 0 aliphatic rings. The second-order valence-corrected chi connectivity index (χ2v) is 7.95. The van der Waals surface area contributed by atoms with E-state index in [4.69, 9.17) is 21.1 Å². The molecule has 0 aliphatic carbocycles. The van der Waals surface area contributed by atoms with Gasteiger partial charge in [-0.2, -0.15) is 0 Å². The van der Waals surface area contributed by atoms with Gasteiger partial charge in [0, 0.05) is 23.6 Å². The van der Waals surface area contributed by atoms with Crippen LogP contribution in [-0.2, 0) is 19.6 Å². The van der Waals surface area contributed by atoms with Gasteiger partial charge in [0.05, 0.1) is 11.6 Å². The van der Waals surface area contributed by atoms with Gasteiger partial charge in [-0.3, -0.25) is 0 Å². The fraction of sp³-hybridized carbons (Fsp3) is 0.231. The first-order chi connectivity index (χ1) is 15.6. The van der Waals surface area contributed by atoms with Crippen LogP contribution in [0.1, 0.15) is 23.6 Å². The largest absolute Gasteiger partial charge is 0.490 e. The Morgan fingerprint density at radius 2 is 1.79 bits per heavy atom. The highest BCUT2D eigenvalue weighted by atomic mass is 35.5. The molecular weight excluding hydrogens is 462 g/mol. The van der Waals surface area contributed by atoms with Crippen molar-refractivity contribution >= 4 is 34.9 Å². The van der Waals surface area contributed by atoms with Crippen molar-refractivity contribution in [1.82, 2.24) is 10.3 Å². The van der Waals surface area contributed by atoms with Crippen molar-refractivity contribution in [1.29, 1.82) is 0 Å². The lowest BCUT2D eigenvalue weighted by atomic mass is 10.1. The third-order valence-electron chi connectivity index (χ3n) is 5.24.